The van der Waals surface area contributed by atoms with Gasteiger partial charge in [0, 0.05) is 0 Å². The first kappa shape index (κ1) is 16.2. The Morgan fingerprint density at radius 1 is 0.824 bits per heavy atom. The Morgan fingerprint density at radius 2 is 1.12 bits per heavy atom. The number of ketones is 2. The van der Waals surface area contributed by atoms with Gasteiger partial charge in [0.15, 0.2) is 0 Å². The van der Waals surface area contributed by atoms with E-state index in [0.29, 0.717) is 11.5 Å². The van der Waals surface area contributed by atoms with Crippen LogP contribution in [0.1, 0.15) is 27.7 Å². The second-order valence-electron chi connectivity index (χ2n) is 4.34. The van der Waals surface area contributed by atoms with Crippen LogP contribution in [0, 0.1) is 0 Å². The molecule has 96 valence electrons. The topological polar surface area (TPSA) is 52.6 Å². The summed E-state index contributed by atoms with van der Waals surface area (Å²) in [5, 5.41) is 0. The third-order valence-corrected chi connectivity index (χ3v) is 6.27. The molecule has 0 aromatic carbocycles. The molecule has 0 aliphatic rings. The van der Waals surface area contributed by atoms with Gasteiger partial charge in [0.05, 0.1) is 0 Å². The monoisotopic (exact) mass is 348 g/mol. The summed E-state index contributed by atoms with van der Waals surface area (Å²) in [7, 11) is 0. The van der Waals surface area contributed by atoms with E-state index < -0.39 is 19.2 Å². The Bertz CT molecular complexity index is 333. The second kappa shape index (κ2) is 6.83. The van der Waals surface area contributed by atoms with Crippen molar-refractivity contribution in [1.82, 2.24) is 0 Å². The first-order valence-corrected chi connectivity index (χ1v) is 13.4. The third kappa shape index (κ3) is 8.97. The maximum atomic E-state index is 10.9. The molecule has 0 aromatic heterocycles. The molecule has 17 heavy (non-hydrogen) atoms. The van der Waals surface area contributed by atoms with E-state index in [1.807, 2.05) is 9.88 Å². The fourth-order valence-electron chi connectivity index (χ4n) is 1.43. The molecule has 0 N–H and O–H groups in total. The predicted octanol–water partition coefficient (Wildman–Crippen LogP) is 2.71. The zero-order chi connectivity index (χ0) is 13.6. The van der Waals surface area contributed by atoms with Crippen LogP contribution < -0.4 is 0 Å². The molecule has 0 saturated heterocycles. The summed E-state index contributed by atoms with van der Waals surface area (Å²) >= 11 is -3.16. The van der Waals surface area contributed by atoms with Crippen molar-refractivity contribution in [3.05, 3.63) is 23.7 Å². The first-order chi connectivity index (χ1) is 7.62. The van der Waals surface area contributed by atoms with E-state index in [1.165, 1.54) is 26.0 Å². The van der Waals surface area contributed by atoms with E-state index in [4.69, 9.17) is 6.15 Å². The van der Waals surface area contributed by atoms with E-state index in [-0.39, 0.29) is 11.6 Å². The van der Waals surface area contributed by atoms with Crippen LogP contribution in [0.2, 0.25) is 9.88 Å². The molecule has 0 unspecified atom stereocenters. The van der Waals surface area contributed by atoms with Crippen LogP contribution in [-0.4, -0.2) is 30.8 Å². The summed E-state index contributed by atoms with van der Waals surface area (Å²) in [5.41, 5.74) is 0. The minimum absolute atomic E-state index is 0.0550. The summed E-state index contributed by atoms with van der Waals surface area (Å²) in [6.45, 7) is 6.40. The summed E-state index contributed by atoms with van der Waals surface area (Å²) in [6, 6.07) is 0. The quantitative estimate of drug-likeness (QED) is 0.421. The molecule has 0 aliphatic carbocycles. The molecule has 0 aromatic rings. The summed E-state index contributed by atoms with van der Waals surface area (Å²) in [6.07, 6.45) is 2.87. The van der Waals surface area contributed by atoms with Gasteiger partial charge in [0.1, 0.15) is 0 Å². The van der Waals surface area contributed by atoms with Crippen molar-refractivity contribution in [2.45, 2.75) is 37.6 Å². The Morgan fingerprint density at radius 3 is 1.35 bits per heavy atom. The first-order valence-electron chi connectivity index (χ1n) is 5.38. The van der Waals surface area contributed by atoms with Crippen molar-refractivity contribution in [1.29, 1.82) is 0 Å². The van der Waals surface area contributed by atoms with Gasteiger partial charge in [-0.15, -0.1) is 0 Å². The van der Waals surface area contributed by atoms with Crippen LogP contribution >= 0.6 is 0 Å². The molecule has 4 nitrogen and oxygen atoms in total. The van der Waals surface area contributed by atoms with Crippen LogP contribution in [-0.2, 0) is 15.7 Å². The number of carbonyl (C=O) groups is 2. The Kier molecular flexibility index (Phi) is 6.52. The van der Waals surface area contributed by atoms with Gasteiger partial charge in [-0.05, 0) is 0 Å². The molecule has 0 atom stereocenters. The predicted molar refractivity (Wildman–Crippen MR) is 68.5 cm³/mol. The van der Waals surface area contributed by atoms with E-state index in [0.717, 1.165) is 0 Å². The molecule has 0 heterocycles. The molecular formula is C12H20O4Sn. The zero-order valence-corrected chi connectivity index (χ0v) is 14.1. The van der Waals surface area contributed by atoms with Crippen molar-refractivity contribution in [2.75, 3.05) is 0 Å². The number of carbonyl (C=O) groups excluding carboxylic acids is 2. The number of hydrogen-bond acceptors (Lipinski definition) is 4. The number of rotatable bonds is 6. The summed E-state index contributed by atoms with van der Waals surface area (Å²) in [5.74, 6) is 1.02. The van der Waals surface area contributed by atoms with E-state index in [1.54, 1.807) is 13.8 Å². The van der Waals surface area contributed by atoms with E-state index >= 15 is 0 Å². The minimum atomic E-state index is -3.16. The molecule has 0 amide bonds. The fourth-order valence-corrected chi connectivity index (χ4v) is 6.31. The van der Waals surface area contributed by atoms with Gasteiger partial charge < -0.3 is 0 Å². The van der Waals surface area contributed by atoms with Crippen molar-refractivity contribution < 1.29 is 15.7 Å². The van der Waals surface area contributed by atoms with Gasteiger partial charge in [0.2, 0.25) is 0 Å². The van der Waals surface area contributed by atoms with Crippen molar-refractivity contribution in [3.63, 3.8) is 0 Å². The summed E-state index contributed by atoms with van der Waals surface area (Å²) < 4.78 is 11.4. The zero-order valence-electron chi connectivity index (χ0n) is 11.3. The Labute approximate surface area is 108 Å². The van der Waals surface area contributed by atoms with E-state index in [2.05, 4.69) is 0 Å². The molecule has 0 radical (unpaired) electrons. The number of hydrogen-bond donors (Lipinski definition) is 0. The van der Waals surface area contributed by atoms with Gasteiger partial charge in [-0.25, -0.2) is 0 Å². The normalized spacial score (nSPS) is 13.3. The molecular weight excluding hydrogens is 327 g/mol. The molecule has 0 bridgehead atoms. The molecule has 0 rings (SSSR count). The molecule has 0 spiro atoms. The van der Waals surface area contributed by atoms with Crippen molar-refractivity contribution in [2.24, 2.45) is 0 Å². The van der Waals surface area contributed by atoms with Gasteiger partial charge in [0.25, 0.3) is 0 Å². The van der Waals surface area contributed by atoms with Crippen LogP contribution in [0.3, 0.4) is 0 Å². The average molecular weight is 347 g/mol. The average Bonchev–Trinajstić information content (AvgIpc) is 1.95. The van der Waals surface area contributed by atoms with Crippen molar-refractivity contribution in [3.8, 4) is 0 Å². The number of allylic oxidation sites excluding steroid dienone is 4. The van der Waals surface area contributed by atoms with Crippen LogP contribution in [0.5, 0.6) is 0 Å². The third-order valence-electron chi connectivity index (χ3n) is 1.63. The van der Waals surface area contributed by atoms with E-state index in [9.17, 15) is 9.59 Å². The Hall–Kier alpha value is -0.781. The fraction of sp³-hybridized carbons (Fsp3) is 0.500. The SMILES string of the molecule is CC(=O)C=C(C)[O][Sn]([CH3])([CH3])[O]C(C)=CC(C)=O. The Balaban J connectivity index is 4.59. The summed E-state index contributed by atoms with van der Waals surface area (Å²) in [4.78, 5) is 25.6. The van der Waals surface area contributed by atoms with Crippen molar-refractivity contribution >= 4 is 30.8 Å². The van der Waals surface area contributed by atoms with Crippen LogP contribution in [0.15, 0.2) is 23.7 Å². The second-order valence-corrected chi connectivity index (χ2v) is 13.5. The van der Waals surface area contributed by atoms with Gasteiger partial charge in [-0.1, -0.05) is 0 Å². The van der Waals surface area contributed by atoms with Gasteiger partial charge in [-0.3, -0.25) is 0 Å². The molecule has 0 aliphatic heterocycles. The van der Waals surface area contributed by atoms with Crippen LogP contribution in [0.25, 0.3) is 0 Å². The van der Waals surface area contributed by atoms with Gasteiger partial charge >= 0.3 is 108 Å². The van der Waals surface area contributed by atoms with Crippen LogP contribution in [0.4, 0.5) is 0 Å². The molecule has 0 fully saturated rings. The maximum absolute atomic E-state index is 10.9. The van der Waals surface area contributed by atoms with Gasteiger partial charge in [-0.2, -0.15) is 0 Å². The standard InChI is InChI=1S/2C5H8O2.2CH3.Sn/c2*1-4(6)3-5(2)7;;;/h2*3,6H,1-2H3;2*1H3;/q;;;;+2/p-2. The molecule has 0 saturated carbocycles. The molecule has 5 heteroatoms.